The number of carbonyl (C=O) groups excluding carboxylic acids is 1. The third-order valence-corrected chi connectivity index (χ3v) is 5.56. The first-order chi connectivity index (χ1) is 13.9. The summed E-state index contributed by atoms with van der Waals surface area (Å²) in [5.41, 5.74) is 2.07. The molecule has 0 fully saturated rings. The van der Waals surface area contributed by atoms with Crippen LogP contribution < -0.4 is 0 Å². The van der Waals surface area contributed by atoms with Crippen LogP contribution in [0, 0.1) is 11.3 Å². The minimum Gasteiger partial charge on any atom is -0.463 e. The van der Waals surface area contributed by atoms with Gasteiger partial charge in [-0.05, 0) is 39.0 Å². The molecule has 0 aliphatic carbocycles. The molecule has 0 saturated carbocycles. The van der Waals surface area contributed by atoms with Gasteiger partial charge in [-0.1, -0.05) is 35.5 Å². The van der Waals surface area contributed by atoms with Crippen molar-refractivity contribution in [2.45, 2.75) is 19.8 Å². The highest BCUT2D eigenvalue weighted by Crippen LogP contribution is 2.33. The van der Waals surface area contributed by atoms with Crippen molar-refractivity contribution in [3.8, 4) is 17.3 Å². The smallest absolute Gasteiger partial charge is 0.335 e. The van der Waals surface area contributed by atoms with Gasteiger partial charge in [0, 0.05) is 16.0 Å². The molecule has 29 heavy (non-hydrogen) atoms. The Bertz CT molecular complexity index is 991. The van der Waals surface area contributed by atoms with Gasteiger partial charge in [-0.15, -0.1) is 11.3 Å². The van der Waals surface area contributed by atoms with E-state index in [9.17, 15) is 10.1 Å². The first kappa shape index (κ1) is 22.8. The number of thioether (sulfide) groups is 1. The van der Waals surface area contributed by atoms with Crippen LogP contribution in [0.3, 0.4) is 0 Å². The second-order valence-electron chi connectivity index (χ2n) is 5.63. The van der Waals surface area contributed by atoms with Crippen molar-refractivity contribution >= 4 is 52.6 Å². The molecule has 1 unspecified atom stereocenters. The number of rotatable bonds is 6. The van der Waals surface area contributed by atoms with E-state index >= 15 is 0 Å². The van der Waals surface area contributed by atoms with Crippen molar-refractivity contribution in [3.05, 3.63) is 50.9 Å². The maximum atomic E-state index is 12.3. The molecule has 0 spiro atoms. The quantitative estimate of drug-likeness (QED) is 0.259. The summed E-state index contributed by atoms with van der Waals surface area (Å²) in [5.74, 6) is -1.39. The van der Waals surface area contributed by atoms with E-state index < -0.39 is 11.9 Å². The number of hydrogen-bond donors (Lipinski definition) is 0. The highest BCUT2D eigenvalue weighted by Gasteiger charge is 2.26. The largest absolute Gasteiger partial charge is 0.463 e. The Hall–Kier alpha value is -2.47. The molecular weight excluding hydrogens is 428 g/mol. The van der Waals surface area contributed by atoms with Crippen molar-refractivity contribution in [2.75, 3.05) is 12.9 Å². The maximum absolute atomic E-state index is 12.3. The summed E-state index contributed by atoms with van der Waals surface area (Å²) in [6.07, 6.45) is 1.79. The monoisotopic (exact) mass is 446 g/mol. The lowest BCUT2D eigenvalue weighted by Gasteiger charge is -2.12. The van der Waals surface area contributed by atoms with Crippen LogP contribution in [0.2, 0.25) is 5.02 Å². The molecule has 2 rings (SSSR count). The standard InChI is InChI=1S/C20H19ClN4O2S2/c1-5-27-19(26)12(2)17(25-20(23-3)28-4)15(10-22)18-24-16(11-29-18)13-6-8-14(21)9-7-13/h6-9,11,15H,3,5H2,1-2,4H3/b17-12+,25-20?. The predicted octanol–water partition coefficient (Wildman–Crippen LogP) is 5.33. The van der Waals surface area contributed by atoms with Gasteiger partial charge in [0.1, 0.15) is 10.9 Å². The fourth-order valence-electron chi connectivity index (χ4n) is 2.36. The lowest BCUT2D eigenvalue weighted by Crippen LogP contribution is -2.11. The van der Waals surface area contributed by atoms with Crippen molar-refractivity contribution < 1.29 is 9.53 Å². The van der Waals surface area contributed by atoms with E-state index in [2.05, 4.69) is 27.8 Å². The summed E-state index contributed by atoms with van der Waals surface area (Å²) >= 11 is 8.53. The molecule has 150 valence electrons. The minimum atomic E-state index is -0.852. The Kier molecular flexibility index (Phi) is 8.58. The zero-order valence-corrected chi connectivity index (χ0v) is 18.6. The SMILES string of the molecule is C=NC(=N/C(=C(\C)C(=O)OCC)C(C#N)c1nc(-c2ccc(Cl)cc2)cs1)SC. The van der Waals surface area contributed by atoms with E-state index in [4.69, 9.17) is 16.3 Å². The number of amidine groups is 1. The number of hydrogen-bond acceptors (Lipinski definition) is 7. The van der Waals surface area contributed by atoms with Crippen LogP contribution in [0.4, 0.5) is 0 Å². The second-order valence-corrected chi connectivity index (χ2v) is 7.73. The molecule has 0 amide bonds. The van der Waals surface area contributed by atoms with Crippen molar-refractivity contribution in [2.24, 2.45) is 9.98 Å². The molecule has 6 nitrogen and oxygen atoms in total. The van der Waals surface area contributed by atoms with Crippen molar-refractivity contribution in [1.82, 2.24) is 4.98 Å². The highest BCUT2D eigenvalue weighted by atomic mass is 35.5. The molecule has 1 heterocycles. The van der Waals surface area contributed by atoms with Gasteiger partial charge in [-0.2, -0.15) is 5.26 Å². The fraction of sp³-hybridized carbons (Fsp3) is 0.250. The van der Waals surface area contributed by atoms with E-state index in [-0.39, 0.29) is 17.9 Å². The van der Waals surface area contributed by atoms with Crippen molar-refractivity contribution in [3.63, 3.8) is 0 Å². The number of ether oxygens (including phenoxy) is 1. The summed E-state index contributed by atoms with van der Waals surface area (Å²) in [6.45, 7) is 7.00. The zero-order chi connectivity index (χ0) is 21.4. The third kappa shape index (κ3) is 5.76. The van der Waals surface area contributed by atoms with Gasteiger partial charge in [0.25, 0.3) is 0 Å². The molecule has 0 radical (unpaired) electrons. The van der Waals surface area contributed by atoms with E-state index in [1.54, 1.807) is 32.2 Å². The molecule has 0 aliphatic heterocycles. The molecule has 1 atom stereocenters. The van der Waals surface area contributed by atoms with Crippen LogP contribution in [0.15, 0.2) is 50.9 Å². The Morgan fingerprint density at radius 3 is 2.69 bits per heavy atom. The number of allylic oxidation sites excluding steroid dienone is 1. The van der Waals surface area contributed by atoms with E-state index in [0.29, 0.717) is 20.9 Å². The summed E-state index contributed by atoms with van der Waals surface area (Å²) in [7, 11) is 0. The number of carbonyl (C=O) groups is 1. The summed E-state index contributed by atoms with van der Waals surface area (Å²) in [4.78, 5) is 25.2. The summed E-state index contributed by atoms with van der Waals surface area (Å²) < 4.78 is 5.09. The van der Waals surface area contributed by atoms with Gasteiger partial charge in [-0.3, -0.25) is 0 Å². The normalized spacial score (nSPS) is 13.3. The summed E-state index contributed by atoms with van der Waals surface area (Å²) in [6, 6.07) is 9.47. The first-order valence-electron chi connectivity index (χ1n) is 8.53. The van der Waals surface area contributed by atoms with Crippen LogP contribution in [-0.4, -0.2) is 35.7 Å². The molecule has 1 aromatic heterocycles. The Labute approximate surface area is 183 Å². The number of halogens is 1. The molecule has 9 heteroatoms. The Morgan fingerprint density at radius 1 is 1.45 bits per heavy atom. The molecule has 0 N–H and O–H groups in total. The predicted molar refractivity (Wildman–Crippen MR) is 121 cm³/mol. The molecule has 0 saturated heterocycles. The Balaban J connectivity index is 2.54. The van der Waals surface area contributed by atoms with Gasteiger partial charge >= 0.3 is 5.97 Å². The third-order valence-electron chi connectivity index (χ3n) is 3.81. The number of thiazole rings is 1. The minimum absolute atomic E-state index is 0.220. The van der Waals surface area contributed by atoms with E-state index in [1.165, 1.54) is 23.1 Å². The van der Waals surface area contributed by atoms with Gasteiger partial charge in [-0.25, -0.2) is 19.8 Å². The van der Waals surface area contributed by atoms with Gasteiger partial charge in [0.15, 0.2) is 5.17 Å². The van der Waals surface area contributed by atoms with E-state index in [0.717, 1.165) is 5.56 Å². The molecule has 2 aromatic rings. The lowest BCUT2D eigenvalue weighted by molar-refractivity contribution is -0.138. The van der Waals surface area contributed by atoms with Crippen LogP contribution in [0.1, 0.15) is 24.8 Å². The fourth-order valence-corrected chi connectivity index (χ4v) is 3.68. The van der Waals surface area contributed by atoms with Crippen LogP contribution in [0.5, 0.6) is 0 Å². The van der Waals surface area contributed by atoms with Gasteiger partial charge < -0.3 is 4.74 Å². The number of esters is 1. The average molecular weight is 447 g/mol. The molecule has 0 bridgehead atoms. The van der Waals surface area contributed by atoms with Crippen LogP contribution >= 0.6 is 34.7 Å². The Morgan fingerprint density at radius 2 is 2.14 bits per heavy atom. The van der Waals surface area contributed by atoms with Crippen molar-refractivity contribution in [1.29, 1.82) is 5.26 Å². The van der Waals surface area contributed by atoms with Crippen LogP contribution in [-0.2, 0) is 9.53 Å². The molecular formula is C20H19ClN4O2S2. The zero-order valence-electron chi connectivity index (χ0n) is 16.2. The molecule has 1 aromatic carbocycles. The van der Waals surface area contributed by atoms with Gasteiger partial charge in [0.05, 0.1) is 29.6 Å². The number of aliphatic imine (C=N–C) groups is 2. The number of nitriles is 1. The molecule has 0 aliphatic rings. The number of benzene rings is 1. The van der Waals surface area contributed by atoms with Gasteiger partial charge in [0.2, 0.25) is 0 Å². The number of aromatic nitrogens is 1. The number of nitrogens with zero attached hydrogens (tertiary/aromatic N) is 4. The highest BCUT2D eigenvalue weighted by molar-refractivity contribution is 8.13. The summed E-state index contributed by atoms with van der Waals surface area (Å²) in [5, 5.41) is 13.2. The lowest BCUT2D eigenvalue weighted by atomic mass is 10.0. The average Bonchev–Trinajstić information content (AvgIpc) is 3.21. The maximum Gasteiger partial charge on any atom is 0.335 e. The van der Waals surface area contributed by atoms with E-state index in [1.807, 2.05) is 17.5 Å². The topological polar surface area (TPSA) is 87.7 Å². The second kappa shape index (κ2) is 10.9. The van der Waals surface area contributed by atoms with Crippen LogP contribution in [0.25, 0.3) is 11.3 Å². The first-order valence-corrected chi connectivity index (χ1v) is 11.0.